The van der Waals surface area contributed by atoms with Crippen molar-refractivity contribution in [2.45, 2.75) is 43.7 Å². The SMILES string of the molecule is NC1C2CC3CC(C2)CC1(N)C3.[Cl][Pt][Cl]. The van der Waals surface area contributed by atoms with Crippen LogP contribution in [-0.4, -0.2) is 11.6 Å². The molecule has 0 aromatic carbocycles. The molecule has 4 fully saturated rings. The summed E-state index contributed by atoms with van der Waals surface area (Å²) in [5.74, 6) is 2.61. The zero-order valence-corrected chi connectivity index (χ0v) is 12.4. The molecule has 4 rings (SSSR count). The van der Waals surface area contributed by atoms with Crippen LogP contribution in [0.5, 0.6) is 0 Å². The molecule has 4 saturated carbocycles. The molecular weight excluding hydrogens is 414 g/mol. The third kappa shape index (κ3) is 2.40. The summed E-state index contributed by atoms with van der Waals surface area (Å²) in [7, 11) is 9.75. The summed E-state index contributed by atoms with van der Waals surface area (Å²) in [6.07, 6.45) is 6.61. The van der Waals surface area contributed by atoms with Crippen molar-refractivity contribution < 1.29 is 16.5 Å². The van der Waals surface area contributed by atoms with Crippen molar-refractivity contribution in [2.75, 3.05) is 0 Å². The summed E-state index contributed by atoms with van der Waals surface area (Å²) in [6.45, 7) is 0. The minimum absolute atomic E-state index is 0.0365. The van der Waals surface area contributed by atoms with Crippen LogP contribution >= 0.6 is 18.8 Å². The van der Waals surface area contributed by atoms with Crippen LogP contribution in [0.2, 0.25) is 0 Å². The van der Waals surface area contributed by atoms with Crippen LogP contribution in [0.15, 0.2) is 0 Å². The van der Waals surface area contributed by atoms with E-state index in [-0.39, 0.29) is 5.54 Å². The standard InChI is InChI=1S/C10H18N2.2ClH.Pt/c11-9-8-2-6-1-7(3-8)5-10(9,12)4-6;;;/h6-9H,1-5,11-12H2;2*1H;/q;;;+2/p-2. The van der Waals surface area contributed by atoms with Gasteiger partial charge < -0.3 is 11.5 Å². The van der Waals surface area contributed by atoms with Gasteiger partial charge in [-0.05, 0) is 49.9 Å². The van der Waals surface area contributed by atoms with Gasteiger partial charge in [0.15, 0.2) is 0 Å². The predicted octanol–water partition coefficient (Wildman–Crippen LogP) is 2.23. The van der Waals surface area contributed by atoms with Gasteiger partial charge in [0.05, 0.1) is 0 Å². The third-order valence-corrected chi connectivity index (χ3v) is 4.45. The second kappa shape index (κ2) is 4.82. The molecule has 15 heavy (non-hydrogen) atoms. The summed E-state index contributed by atoms with van der Waals surface area (Å²) in [4.78, 5) is 0. The summed E-state index contributed by atoms with van der Waals surface area (Å²) < 4.78 is 0. The van der Waals surface area contributed by atoms with E-state index in [1.165, 1.54) is 32.1 Å². The molecule has 92 valence electrons. The van der Waals surface area contributed by atoms with E-state index in [1.807, 2.05) is 0 Å². The van der Waals surface area contributed by atoms with E-state index in [2.05, 4.69) is 0 Å². The Morgan fingerprint density at radius 3 is 1.93 bits per heavy atom. The van der Waals surface area contributed by atoms with Gasteiger partial charge in [-0.2, -0.15) is 0 Å². The maximum atomic E-state index is 6.34. The van der Waals surface area contributed by atoms with Crippen molar-refractivity contribution in [1.82, 2.24) is 0 Å². The molecule has 4 N–H and O–H groups in total. The van der Waals surface area contributed by atoms with Gasteiger partial charge in [-0.15, -0.1) is 0 Å². The van der Waals surface area contributed by atoms with Crippen molar-refractivity contribution >= 4 is 18.8 Å². The summed E-state index contributed by atoms with van der Waals surface area (Å²) in [6, 6.07) is 0.310. The molecular formula is C10H18Cl2N2Pt. The fourth-order valence-electron chi connectivity index (χ4n) is 4.14. The maximum absolute atomic E-state index is 6.34. The van der Waals surface area contributed by atoms with Crippen LogP contribution in [-0.2, 0) is 16.5 Å². The van der Waals surface area contributed by atoms with Crippen molar-refractivity contribution in [1.29, 1.82) is 0 Å². The van der Waals surface area contributed by atoms with Crippen molar-refractivity contribution in [2.24, 2.45) is 29.2 Å². The van der Waals surface area contributed by atoms with E-state index in [0.29, 0.717) is 6.04 Å². The quantitative estimate of drug-likeness (QED) is 0.617. The van der Waals surface area contributed by atoms with Crippen LogP contribution in [0.25, 0.3) is 0 Å². The van der Waals surface area contributed by atoms with E-state index in [9.17, 15) is 0 Å². The first-order valence-corrected chi connectivity index (χ1v) is 11.1. The Hall–Kier alpha value is 1.19. The third-order valence-electron chi connectivity index (χ3n) is 4.45. The molecule has 3 unspecified atom stereocenters. The van der Waals surface area contributed by atoms with Crippen LogP contribution in [0.3, 0.4) is 0 Å². The Labute approximate surface area is 108 Å². The van der Waals surface area contributed by atoms with Crippen molar-refractivity contribution in [3.8, 4) is 0 Å². The van der Waals surface area contributed by atoms with Crippen LogP contribution < -0.4 is 11.5 Å². The van der Waals surface area contributed by atoms with Crippen LogP contribution in [0, 0.1) is 17.8 Å². The zero-order valence-electron chi connectivity index (χ0n) is 8.57. The Balaban J connectivity index is 0.000000258. The molecule has 0 aliphatic heterocycles. The number of hydrogen-bond donors (Lipinski definition) is 2. The number of halogens is 2. The molecule has 2 nitrogen and oxygen atoms in total. The van der Waals surface area contributed by atoms with Gasteiger partial charge in [0.1, 0.15) is 0 Å². The first kappa shape index (κ1) is 12.6. The predicted molar refractivity (Wildman–Crippen MR) is 60.2 cm³/mol. The second-order valence-corrected chi connectivity index (χ2v) is 8.69. The fraction of sp³-hybridized carbons (Fsp3) is 1.00. The molecule has 0 saturated heterocycles. The van der Waals surface area contributed by atoms with Crippen molar-refractivity contribution in [3.63, 3.8) is 0 Å². The van der Waals surface area contributed by atoms with E-state index in [4.69, 9.17) is 30.3 Å². The molecule has 0 aromatic heterocycles. The van der Waals surface area contributed by atoms with Gasteiger partial charge in [-0.1, -0.05) is 0 Å². The first-order valence-electron chi connectivity index (χ1n) is 5.46. The Kier molecular flexibility index (Phi) is 4.06. The topological polar surface area (TPSA) is 52.0 Å². The van der Waals surface area contributed by atoms with Gasteiger partial charge >= 0.3 is 35.3 Å². The molecule has 4 aliphatic carbocycles. The fourth-order valence-corrected chi connectivity index (χ4v) is 4.14. The number of rotatable bonds is 0. The minimum atomic E-state index is -0.472. The monoisotopic (exact) mass is 431 g/mol. The van der Waals surface area contributed by atoms with E-state index in [1.54, 1.807) is 0 Å². The summed E-state index contributed by atoms with van der Waals surface area (Å²) >= 11 is -0.472. The van der Waals surface area contributed by atoms with Gasteiger partial charge in [-0.3, -0.25) is 0 Å². The molecule has 0 spiro atoms. The number of nitrogens with two attached hydrogens (primary N) is 2. The Bertz CT molecular complexity index is 225. The molecule has 5 heteroatoms. The summed E-state index contributed by atoms with van der Waals surface area (Å²) in [5, 5.41) is 0. The molecule has 0 amide bonds. The van der Waals surface area contributed by atoms with Gasteiger partial charge in [0.25, 0.3) is 0 Å². The normalized spacial score (nSPS) is 51.5. The van der Waals surface area contributed by atoms with Gasteiger partial charge in [-0.25, -0.2) is 0 Å². The molecule has 4 aliphatic rings. The Morgan fingerprint density at radius 2 is 1.53 bits per heavy atom. The second-order valence-electron chi connectivity index (χ2n) is 5.41. The molecule has 4 bridgehead atoms. The zero-order chi connectivity index (χ0) is 11.1. The van der Waals surface area contributed by atoms with Gasteiger partial charge in [0.2, 0.25) is 0 Å². The summed E-state index contributed by atoms with van der Waals surface area (Å²) in [5.41, 5.74) is 12.6. The van der Waals surface area contributed by atoms with Crippen LogP contribution in [0.1, 0.15) is 32.1 Å². The molecule has 0 heterocycles. The first-order chi connectivity index (χ1) is 7.09. The average Bonchev–Trinajstić information content (AvgIpc) is 2.13. The van der Waals surface area contributed by atoms with E-state index < -0.39 is 16.5 Å². The Morgan fingerprint density at radius 1 is 1.07 bits per heavy atom. The number of hydrogen-bond acceptors (Lipinski definition) is 2. The van der Waals surface area contributed by atoms with Gasteiger partial charge in [0, 0.05) is 11.6 Å². The molecule has 3 atom stereocenters. The van der Waals surface area contributed by atoms with Crippen LogP contribution in [0.4, 0.5) is 0 Å². The average molecular weight is 432 g/mol. The van der Waals surface area contributed by atoms with E-state index >= 15 is 0 Å². The molecule has 0 aromatic rings. The van der Waals surface area contributed by atoms with E-state index in [0.717, 1.165) is 17.8 Å². The molecule has 0 radical (unpaired) electrons. The van der Waals surface area contributed by atoms with Crippen molar-refractivity contribution in [3.05, 3.63) is 0 Å².